The zero-order valence-corrected chi connectivity index (χ0v) is 12.7. The molecule has 0 aliphatic heterocycles. The lowest BCUT2D eigenvalue weighted by Crippen LogP contribution is -2.47. The van der Waals surface area contributed by atoms with E-state index >= 15 is 0 Å². The summed E-state index contributed by atoms with van der Waals surface area (Å²) < 4.78 is 0. The SMILES string of the molecule is CCN(C)C(=O)CNC(=O)NCC(CC)(CC)C(=O)O. The Labute approximate surface area is 119 Å². The number of carboxylic acids is 1. The average molecular weight is 287 g/mol. The van der Waals surface area contributed by atoms with Crippen LogP contribution in [0.3, 0.4) is 0 Å². The summed E-state index contributed by atoms with van der Waals surface area (Å²) in [5.74, 6) is -1.12. The van der Waals surface area contributed by atoms with E-state index in [9.17, 15) is 19.5 Å². The summed E-state index contributed by atoms with van der Waals surface area (Å²) in [5, 5.41) is 14.2. The van der Waals surface area contributed by atoms with E-state index in [1.807, 2.05) is 6.92 Å². The third kappa shape index (κ3) is 5.07. The fourth-order valence-corrected chi connectivity index (χ4v) is 1.66. The van der Waals surface area contributed by atoms with E-state index in [0.717, 1.165) is 0 Å². The third-order valence-electron chi connectivity index (χ3n) is 3.69. The molecular formula is C13H25N3O4. The van der Waals surface area contributed by atoms with Gasteiger partial charge >= 0.3 is 12.0 Å². The highest BCUT2D eigenvalue weighted by Crippen LogP contribution is 2.25. The molecule has 0 aliphatic carbocycles. The highest BCUT2D eigenvalue weighted by molar-refractivity contribution is 5.84. The Morgan fingerprint density at radius 3 is 2.05 bits per heavy atom. The number of amides is 3. The maximum atomic E-state index is 11.6. The van der Waals surface area contributed by atoms with Crippen LogP contribution in [-0.4, -0.2) is 54.6 Å². The van der Waals surface area contributed by atoms with E-state index in [1.165, 1.54) is 4.90 Å². The van der Waals surface area contributed by atoms with Crippen LogP contribution in [0.4, 0.5) is 4.79 Å². The first-order valence-electron chi connectivity index (χ1n) is 6.82. The highest BCUT2D eigenvalue weighted by atomic mass is 16.4. The van der Waals surface area contributed by atoms with Crippen LogP contribution in [-0.2, 0) is 9.59 Å². The minimum Gasteiger partial charge on any atom is -0.481 e. The fourth-order valence-electron chi connectivity index (χ4n) is 1.66. The molecule has 0 saturated carbocycles. The molecule has 7 heteroatoms. The van der Waals surface area contributed by atoms with Crippen LogP contribution in [0.5, 0.6) is 0 Å². The van der Waals surface area contributed by atoms with Gasteiger partial charge in [-0.05, 0) is 19.8 Å². The van der Waals surface area contributed by atoms with E-state index in [4.69, 9.17) is 0 Å². The lowest BCUT2D eigenvalue weighted by molar-refractivity contribution is -0.149. The first-order chi connectivity index (χ1) is 9.32. The van der Waals surface area contributed by atoms with Crippen LogP contribution in [0, 0.1) is 5.41 Å². The molecule has 0 atom stereocenters. The van der Waals surface area contributed by atoms with Gasteiger partial charge in [-0.25, -0.2) is 4.79 Å². The summed E-state index contributed by atoms with van der Waals surface area (Å²) in [4.78, 5) is 35.8. The Hall–Kier alpha value is -1.79. The molecule has 0 heterocycles. The number of aliphatic carboxylic acids is 1. The third-order valence-corrected chi connectivity index (χ3v) is 3.69. The summed E-state index contributed by atoms with van der Waals surface area (Å²) >= 11 is 0. The Morgan fingerprint density at radius 2 is 1.65 bits per heavy atom. The summed E-state index contributed by atoms with van der Waals surface area (Å²) in [7, 11) is 1.64. The van der Waals surface area contributed by atoms with E-state index in [1.54, 1.807) is 20.9 Å². The highest BCUT2D eigenvalue weighted by Gasteiger charge is 2.35. The van der Waals surface area contributed by atoms with Crippen molar-refractivity contribution in [3.63, 3.8) is 0 Å². The van der Waals surface area contributed by atoms with Crippen LogP contribution < -0.4 is 10.6 Å². The summed E-state index contributed by atoms with van der Waals surface area (Å²) in [5.41, 5.74) is -0.957. The molecule has 3 N–H and O–H groups in total. The van der Waals surface area contributed by atoms with Gasteiger partial charge in [-0.15, -0.1) is 0 Å². The predicted octanol–water partition coefficient (Wildman–Crippen LogP) is 0.655. The maximum absolute atomic E-state index is 11.6. The molecule has 20 heavy (non-hydrogen) atoms. The van der Waals surface area contributed by atoms with Crippen molar-refractivity contribution in [3.05, 3.63) is 0 Å². The molecule has 116 valence electrons. The Balaban J connectivity index is 4.28. The smallest absolute Gasteiger partial charge is 0.315 e. The van der Waals surface area contributed by atoms with Gasteiger partial charge in [0.1, 0.15) is 0 Å². The van der Waals surface area contributed by atoms with Crippen LogP contribution in [0.25, 0.3) is 0 Å². The number of urea groups is 1. The van der Waals surface area contributed by atoms with Gasteiger partial charge in [0, 0.05) is 20.1 Å². The van der Waals surface area contributed by atoms with E-state index in [0.29, 0.717) is 19.4 Å². The molecule has 0 saturated heterocycles. The number of nitrogens with zero attached hydrogens (tertiary/aromatic N) is 1. The number of nitrogens with one attached hydrogen (secondary N) is 2. The topological polar surface area (TPSA) is 98.7 Å². The van der Waals surface area contributed by atoms with Crippen molar-refractivity contribution < 1.29 is 19.5 Å². The zero-order chi connectivity index (χ0) is 15.8. The maximum Gasteiger partial charge on any atom is 0.315 e. The van der Waals surface area contributed by atoms with Crippen LogP contribution in [0.2, 0.25) is 0 Å². The first kappa shape index (κ1) is 18.2. The molecule has 0 aromatic rings. The molecule has 0 rings (SSSR count). The summed E-state index contributed by atoms with van der Waals surface area (Å²) in [6.45, 7) is 5.89. The van der Waals surface area contributed by atoms with E-state index < -0.39 is 17.4 Å². The molecule has 0 aromatic carbocycles. The number of hydrogen-bond donors (Lipinski definition) is 3. The van der Waals surface area contributed by atoms with Crippen molar-refractivity contribution in [2.24, 2.45) is 5.41 Å². The van der Waals surface area contributed by atoms with Crippen LogP contribution >= 0.6 is 0 Å². The quantitative estimate of drug-likeness (QED) is 0.610. The van der Waals surface area contributed by atoms with Crippen molar-refractivity contribution in [3.8, 4) is 0 Å². The standard InChI is InChI=1S/C13H25N3O4/c1-5-13(6-2,11(18)19)9-15-12(20)14-8-10(17)16(4)7-3/h5-9H2,1-4H3,(H,18,19)(H2,14,15,20). The van der Waals surface area contributed by atoms with Gasteiger partial charge in [-0.1, -0.05) is 13.8 Å². The lowest BCUT2D eigenvalue weighted by Gasteiger charge is -2.26. The van der Waals surface area contributed by atoms with E-state index in [-0.39, 0.29) is 19.0 Å². The van der Waals surface area contributed by atoms with Gasteiger partial charge in [0.25, 0.3) is 0 Å². The van der Waals surface area contributed by atoms with Gasteiger partial charge in [0.15, 0.2) is 0 Å². The van der Waals surface area contributed by atoms with Crippen LogP contribution in [0.15, 0.2) is 0 Å². The van der Waals surface area contributed by atoms with Gasteiger partial charge in [-0.2, -0.15) is 0 Å². The molecular weight excluding hydrogens is 262 g/mol. The predicted molar refractivity (Wildman–Crippen MR) is 75.4 cm³/mol. The van der Waals surface area contributed by atoms with Crippen molar-refractivity contribution in [1.29, 1.82) is 0 Å². The molecule has 0 aromatic heterocycles. The minimum absolute atomic E-state index is 0.0406. The molecule has 0 aliphatic rings. The van der Waals surface area contributed by atoms with Gasteiger partial charge in [0.05, 0.1) is 12.0 Å². The molecule has 7 nitrogen and oxygen atoms in total. The van der Waals surface area contributed by atoms with Crippen molar-refractivity contribution >= 4 is 17.9 Å². The molecule has 3 amide bonds. The van der Waals surface area contributed by atoms with Crippen LogP contribution in [0.1, 0.15) is 33.6 Å². The Kier molecular flexibility index (Phi) is 7.64. The number of rotatable bonds is 8. The van der Waals surface area contributed by atoms with Crippen molar-refractivity contribution in [2.45, 2.75) is 33.6 Å². The monoisotopic (exact) mass is 287 g/mol. The molecule has 0 spiro atoms. The van der Waals surface area contributed by atoms with Crippen molar-refractivity contribution in [1.82, 2.24) is 15.5 Å². The number of likely N-dealkylation sites (N-methyl/N-ethyl adjacent to an activating group) is 1. The van der Waals surface area contributed by atoms with Gasteiger partial charge < -0.3 is 20.6 Å². The van der Waals surface area contributed by atoms with Gasteiger partial charge in [-0.3, -0.25) is 9.59 Å². The van der Waals surface area contributed by atoms with Gasteiger partial charge in [0.2, 0.25) is 5.91 Å². The number of hydrogen-bond acceptors (Lipinski definition) is 3. The lowest BCUT2D eigenvalue weighted by atomic mass is 9.82. The molecule has 0 fully saturated rings. The summed E-state index contributed by atoms with van der Waals surface area (Å²) in [6, 6.07) is -0.532. The number of carboxylic acid groups (broad SMARTS) is 1. The second kappa shape index (κ2) is 8.39. The molecule has 0 radical (unpaired) electrons. The summed E-state index contributed by atoms with van der Waals surface area (Å²) in [6.07, 6.45) is 0.854. The normalized spacial score (nSPS) is 10.8. The number of carbonyl (C=O) groups is 3. The van der Waals surface area contributed by atoms with Crippen molar-refractivity contribution in [2.75, 3.05) is 26.7 Å². The zero-order valence-electron chi connectivity index (χ0n) is 12.7. The minimum atomic E-state index is -0.957. The van der Waals surface area contributed by atoms with E-state index in [2.05, 4.69) is 10.6 Å². The molecule has 0 unspecified atom stereocenters. The fraction of sp³-hybridized carbons (Fsp3) is 0.769. The Bertz CT molecular complexity index is 354. The largest absolute Gasteiger partial charge is 0.481 e. The number of carbonyl (C=O) groups excluding carboxylic acids is 2. The second-order valence-corrected chi connectivity index (χ2v) is 4.74. The first-order valence-corrected chi connectivity index (χ1v) is 6.82. The Morgan fingerprint density at radius 1 is 1.10 bits per heavy atom. The molecule has 0 bridgehead atoms. The average Bonchev–Trinajstić information content (AvgIpc) is 2.44. The second-order valence-electron chi connectivity index (χ2n) is 4.74.